The summed E-state index contributed by atoms with van der Waals surface area (Å²) in [5.74, 6) is 0. The van der Waals surface area contributed by atoms with Crippen LogP contribution in [0.3, 0.4) is 0 Å². The van der Waals surface area contributed by atoms with Crippen LogP contribution in [-0.4, -0.2) is 32.0 Å². The van der Waals surface area contributed by atoms with Crippen molar-refractivity contribution < 1.29 is 9.47 Å². The Balaban J connectivity index is 2.18. The van der Waals surface area contributed by atoms with Crippen LogP contribution in [0.5, 0.6) is 0 Å². The molecule has 0 spiro atoms. The first-order valence-electron chi connectivity index (χ1n) is 3.26. The molecular formula is C6H13NO2. The van der Waals surface area contributed by atoms with Gasteiger partial charge in [0.1, 0.15) is 0 Å². The zero-order valence-corrected chi connectivity index (χ0v) is 5.67. The van der Waals surface area contributed by atoms with Gasteiger partial charge in [0.2, 0.25) is 0 Å². The van der Waals surface area contributed by atoms with Crippen molar-refractivity contribution in [2.45, 2.75) is 19.1 Å². The number of rotatable bonds is 1. The Bertz CT molecular complexity index is 79.1. The van der Waals surface area contributed by atoms with E-state index < -0.39 is 0 Å². The highest BCUT2D eigenvalue weighted by Crippen LogP contribution is 2.04. The molecule has 1 heterocycles. The molecule has 9 heavy (non-hydrogen) atoms. The highest BCUT2D eigenvalue weighted by atomic mass is 16.6. The minimum atomic E-state index is 0.126. The first kappa shape index (κ1) is 6.99. The lowest BCUT2D eigenvalue weighted by Gasteiger charge is -2.26. The second kappa shape index (κ2) is 3.15. The Kier molecular flexibility index (Phi) is 2.45. The molecule has 0 aromatic carbocycles. The molecule has 1 saturated heterocycles. The van der Waals surface area contributed by atoms with Crippen LogP contribution in [0, 0.1) is 0 Å². The van der Waals surface area contributed by atoms with Gasteiger partial charge in [-0.1, -0.05) is 0 Å². The van der Waals surface area contributed by atoms with Gasteiger partial charge in [0.05, 0.1) is 25.4 Å². The van der Waals surface area contributed by atoms with Crippen LogP contribution in [0.2, 0.25) is 0 Å². The molecule has 0 saturated carbocycles. The molecule has 0 aromatic heterocycles. The van der Waals surface area contributed by atoms with E-state index in [-0.39, 0.29) is 12.2 Å². The van der Waals surface area contributed by atoms with Gasteiger partial charge in [-0.25, -0.2) is 0 Å². The van der Waals surface area contributed by atoms with E-state index in [1.807, 2.05) is 6.92 Å². The molecule has 0 amide bonds. The molecule has 1 aliphatic heterocycles. The summed E-state index contributed by atoms with van der Waals surface area (Å²) in [7, 11) is 0. The van der Waals surface area contributed by atoms with E-state index in [4.69, 9.17) is 15.2 Å². The van der Waals surface area contributed by atoms with Gasteiger partial charge in [0.15, 0.2) is 0 Å². The molecule has 1 aliphatic rings. The normalized spacial score (nSPS) is 36.7. The summed E-state index contributed by atoms with van der Waals surface area (Å²) in [6.07, 6.45) is 0.369. The van der Waals surface area contributed by atoms with Crippen LogP contribution in [0.1, 0.15) is 6.92 Å². The van der Waals surface area contributed by atoms with Gasteiger partial charge < -0.3 is 15.2 Å². The van der Waals surface area contributed by atoms with Gasteiger partial charge in [-0.15, -0.1) is 0 Å². The van der Waals surface area contributed by atoms with E-state index in [9.17, 15) is 0 Å². The zero-order valence-electron chi connectivity index (χ0n) is 5.67. The van der Waals surface area contributed by atoms with Crippen LogP contribution in [0.4, 0.5) is 0 Å². The second-order valence-electron chi connectivity index (χ2n) is 2.33. The minimum Gasteiger partial charge on any atom is -0.373 e. The predicted molar refractivity (Wildman–Crippen MR) is 34.2 cm³/mol. The lowest BCUT2D eigenvalue weighted by atomic mass is 10.3. The van der Waals surface area contributed by atoms with Crippen molar-refractivity contribution >= 4 is 0 Å². The predicted octanol–water partition coefficient (Wildman–Crippen LogP) is -0.251. The summed E-state index contributed by atoms with van der Waals surface area (Å²) in [4.78, 5) is 0. The van der Waals surface area contributed by atoms with Gasteiger partial charge in [-0.3, -0.25) is 0 Å². The molecule has 0 unspecified atom stereocenters. The third kappa shape index (κ3) is 1.93. The summed E-state index contributed by atoms with van der Waals surface area (Å²) in [5.41, 5.74) is 5.34. The maximum atomic E-state index is 5.34. The van der Waals surface area contributed by atoms with Gasteiger partial charge >= 0.3 is 0 Å². The number of ether oxygens (including phenoxy) is 2. The van der Waals surface area contributed by atoms with Crippen LogP contribution in [0.25, 0.3) is 0 Å². The quantitative estimate of drug-likeness (QED) is 0.533. The lowest BCUT2D eigenvalue weighted by Crippen LogP contribution is -2.38. The van der Waals surface area contributed by atoms with Gasteiger partial charge in [0, 0.05) is 6.54 Å². The third-order valence-electron chi connectivity index (χ3n) is 1.40. The molecule has 0 aliphatic carbocycles. The summed E-state index contributed by atoms with van der Waals surface area (Å²) >= 11 is 0. The van der Waals surface area contributed by atoms with Crippen LogP contribution in [-0.2, 0) is 9.47 Å². The Morgan fingerprint density at radius 1 is 1.44 bits per heavy atom. The first-order valence-corrected chi connectivity index (χ1v) is 3.26. The van der Waals surface area contributed by atoms with Crippen molar-refractivity contribution in [2.75, 3.05) is 19.8 Å². The Morgan fingerprint density at radius 3 is 2.67 bits per heavy atom. The van der Waals surface area contributed by atoms with E-state index in [1.54, 1.807) is 0 Å². The molecule has 0 bridgehead atoms. The summed E-state index contributed by atoms with van der Waals surface area (Å²) in [6.45, 7) is 3.89. The lowest BCUT2D eigenvalue weighted by molar-refractivity contribution is -0.122. The standard InChI is InChI=1S/C6H13NO2/c1-5-3-9-6(2-7)4-8-5/h5-6H,2-4,7H2,1H3/t5-,6-/m0/s1. The number of hydrogen-bond donors (Lipinski definition) is 1. The van der Waals surface area contributed by atoms with Crippen LogP contribution >= 0.6 is 0 Å². The fraction of sp³-hybridized carbons (Fsp3) is 1.00. The Hall–Kier alpha value is -0.120. The molecular weight excluding hydrogens is 118 g/mol. The van der Waals surface area contributed by atoms with Crippen molar-refractivity contribution in [2.24, 2.45) is 5.73 Å². The highest BCUT2D eigenvalue weighted by molar-refractivity contribution is 4.64. The Morgan fingerprint density at radius 2 is 2.22 bits per heavy atom. The maximum absolute atomic E-state index is 5.34. The van der Waals surface area contributed by atoms with Gasteiger partial charge in [-0.2, -0.15) is 0 Å². The molecule has 2 atom stereocenters. The van der Waals surface area contributed by atoms with Crippen LogP contribution < -0.4 is 5.73 Å². The van der Waals surface area contributed by atoms with E-state index >= 15 is 0 Å². The fourth-order valence-corrected chi connectivity index (χ4v) is 0.775. The van der Waals surface area contributed by atoms with E-state index in [2.05, 4.69) is 0 Å². The molecule has 3 heteroatoms. The summed E-state index contributed by atoms with van der Waals surface area (Å²) < 4.78 is 10.6. The topological polar surface area (TPSA) is 44.5 Å². The van der Waals surface area contributed by atoms with Gasteiger partial charge in [-0.05, 0) is 6.92 Å². The maximum Gasteiger partial charge on any atom is 0.0931 e. The zero-order chi connectivity index (χ0) is 6.69. The fourth-order valence-electron chi connectivity index (χ4n) is 0.775. The average molecular weight is 131 g/mol. The minimum absolute atomic E-state index is 0.126. The highest BCUT2D eigenvalue weighted by Gasteiger charge is 2.16. The molecule has 54 valence electrons. The van der Waals surface area contributed by atoms with E-state index in [1.165, 1.54) is 0 Å². The first-order chi connectivity index (χ1) is 4.33. The smallest absolute Gasteiger partial charge is 0.0931 e. The van der Waals surface area contributed by atoms with Crippen molar-refractivity contribution in [1.82, 2.24) is 0 Å². The average Bonchev–Trinajstić information content (AvgIpc) is 1.90. The van der Waals surface area contributed by atoms with Crippen molar-refractivity contribution in [3.63, 3.8) is 0 Å². The summed E-state index contributed by atoms with van der Waals surface area (Å²) in [6, 6.07) is 0. The van der Waals surface area contributed by atoms with Gasteiger partial charge in [0.25, 0.3) is 0 Å². The number of hydrogen-bond acceptors (Lipinski definition) is 3. The third-order valence-corrected chi connectivity index (χ3v) is 1.40. The molecule has 2 N–H and O–H groups in total. The molecule has 0 aromatic rings. The summed E-state index contributed by atoms with van der Waals surface area (Å²) in [5, 5.41) is 0. The van der Waals surface area contributed by atoms with Crippen molar-refractivity contribution in [3.05, 3.63) is 0 Å². The molecule has 3 nitrogen and oxygen atoms in total. The Labute approximate surface area is 55.1 Å². The molecule has 1 fully saturated rings. The van der Waals surface area contributed by atoms with Crippen molar-refractivity contribution in [3.8, 4) is 0 Å². The number of nitrogens with two attached hydrogens (primary N) is 1. The van der Waals surface area contributed by atoms with Crippen molar-refractivity contribution in [1.29, 1.82) is 0 Å². The molecule has 0 radical (unpaired) electrons. The second-order valence-corrected chi connectivity index (χ2v) is 2.33. The largest absolute Gasteiger partial charge is 0.373 e. The van der Waals surface area contributed by atoms with E-state index in [0.29, 0.717) is 19.8 Å². The SMILES string of the molecule is C[C@H]1CO[C@@H](CN)CO1. The molecule has 1 rings (SSSR count). The van der Waals surface area contributed by atoms with Crippen LogP contribution in [0.15, 0.2) is 0 Å². The van der Waals surface area contributed by atoms with E-state index in [0.717, 1.165) is 0 Å². The monoisotopic (exact) mass is 131 g/mol.